The molecular weight excluding hydrogens is 530 g/mol. The molecule has 9 nitrogen and oxygen atoms in total. The molecule has 2 atom stereocenters. The Bertz CT molecular complexity index is 1240. The molecule has 0 fully saturated rings. The number of anilines is 1. The Hall–Kier alpha value is -2.98. The third-order valence-electron chi connectivity index (χ3n) is 6.38. The first-order chi connectivity index (χ1) is 18.0. The number of rotatable bonds is 12. The van der Waals surface area contributed by atoms with Crippen molar-refractivity contribution in [1.29, 1.82) is 0 Å². The largest absolute Gasteiger partial charge is 0.486 e. The molecule has 0 radical (unpaired) electrons. The summed E-state index contributed by atoms with van der Waals surface area (Å²) in [5, 5.41) is 3.47. The second kappa shape index (κ2) is 13.2. The van der Waals surface area contributed by atoms with Gasteiger partial charge in [-0.25, -0.2) is 8.42 Å². The summed E-state index contributed by atoms with van der Waals surface area (Å²) in [5.74, 6) is 0.536. The van der Waals surface area contributed by atoms with E-state index in [0.717, 1.165) is 18.2 Å². The quantitative estimate of drug-likeness (QED) is 0.417. The van der Waals surface area contributed by atoms with Gasteiger partial charge in [-0.05, 0) is 56.5 Å². The predicted octanol–water partition coefficient (Wildman–Crippen LogP) is 3.99. The second-order valence-electron chi connectivity index (χ2n) is 9.41. The number of ether oxygens (including phenoxy) is 2. The van der Waals surface area contributed by atoms with Crippen molar-refractivity contribution in [3.63, 3.8) is 0 Å². The number of carbonyl (C=O) groups is 2. The number of carbonyl (C=O) groups excluding carboxylic acids is 2. The molecule has 3 rings (SSSR count). The van der Waals surface area contributed by atoms with Gasteiger partial charge in [0.2, 0.25) is 21.8 Å². The van der Waals surface area contributed by atoms with Crippen LogP contribution in [0.2, 0.25) is 5.02 Å². The lowest BCUT2D eigenvalue weighted by atomic mass is 10.1. The summed E-state index contributed by atoms with van der Waals surface area (Å²) in [5.41, 5.74) is 1.23. The number of benzene rings is 2. The Morgan fingerprint density at radius 3 is 2.45 bits per heavy atom. The highest BCUT2D eigenvalue weighted by Gasteiger charge is 2.27. The first-order valence-corrected chi connectivity index (χ1v) is 14.9. The summed E-state index contributed by atoms with van der Waals surface area (Å²) in [6, 6.07) is 11.4. The maximum absolute atomic E-state index is 13.4. The third kappa shape index (κ3) is 8.01. The molecule has 0 saturated carbocycles. The van der Waals surface area contributed by atoms with Crippen LogP contribution in [0.1, 0.15) is 45.6 Å². The van der Waals surface area contributed by atoms with Gasteiger partial charge in [0.05, 0.1) is 11.9 Å². The van der Waals surface area contributed by atoms with E-state index in [1.807, 2.05) is 19.9 Å². The van der Waals surface area contributed by atoms with Crippen molar-refractivity contribution in [3.8, 4) is 11.5 Å². The predicted molar refractivity (Wildman–Crippen MR) is 148 cm³/mol. The van der Waals surface area contributed by atoms with Crippen LogP contribution in [-0.2, 0) is 26.2 Å². The number of hydrogen-bond acceptors (Lipinski definition) is 6. The zero-order chi connectivity index (χ0) is 27.9. The van der Waals surface area contributed by atoms with E-state index in [9.17, 15) is 18.0 Å². The number of nitrogens with one attached hydrogen (secondary N) is 1. The van der Waals surface area contributed by atoms with Gasteiger partial charge < -0.3 is 19.7 Å². The molecule has 0 aliphatic carbocycles. The number of sulfonamides is 1. The average Bonchev–Trinajstić information content (AvgIpc) is 2.88. The van der Waals surface area contributed by atoms with E-state index in [-0.39, 0.29) is 43.8 Å². The number of halogens is 1. The Labute approximate surface area is 230 Å². The minimum Gasteiger partial charge on any atom is -0.486 e. The van der Waals surface area contributed by atoms with E-state index in [1.54, 1.807) is 43.3 Å². The standard InChI is InChI=1S/C27H36ClN3O6S/c1-5-19(2)29-27(33)20(3)30(18-21-8-6-9-22(28)16-21)26(32)10-7-13-31(38(4,34)35)23-11-12-24-25(17-23)37-15-14-36-24/h6,8-9,11-12,16-17,19-20H,5,7,10,13-15,18H2,1-4H3,(H,29,33)/t19-,20-/m1/s1. The number of nitrogens with zero attached hydrogens (tertiary/aromatic N) is 2. The highest BCUT2D eigenvalue weighted by atomic mass is 35.5. The van der Waals surface area contributed by atoms with Crippen LogP contribution >= 0.6 is 11.6 Å². The molecule has 1 aliphatic heterocycles. The van der Waals surface area contributed by atoms with Crippen molar-refractivity contribution in [2.75, 3.05) is 30.3 Å². The molecule has 1 heterocycles. The first-order valence-electron chi connectivity index (χ1n) is 12.7. The smallest absolute Gasteiger partial charge is 0.242 e. The molecule has 1 aliphatic rings. The van der Waals surface area contributed by atoms with E-state index in [1.165, 1.54) is 9.21 Å². The SMILES string of the molecule is CC[C@@H](C)NC(=O)[C@@H](C)N(Cc1cccc(Cl)c1)C(=O)CCCN(c1ccc2c(c1)OCCO2)S(C)(=O)=O. The molecule has 0 spiro atoms. The molecule has 2 aromatic rings. The van der Waals surface area contributed by atoms with Gasteiger partial charge in [-0.2, -0.15) is 0 Å². The molecule has 0 unspecified atom stereocenters. The lowest BCUT2D eigenvalue weighted by Crippen LogP contribution is -2.49. The lowest BCUT2D eigenvalue weighted by Gasteiger charge is -2.30. The number of fused-ring (bicyclic) bond motifs is 1. The van der Waals surface area contributed by atoms with Crippen LogP contribution in [0, 0.1) is 0 Å². The average molecular weight is 566 g/mol. The Kier molecular flexibility index (Phi) is 10.3. The molecule has 11 heteroatoms. The zero-order valence-electron chi connectivity index (χ0n) is 22.3. The minimum absolute atomic E-state index is 0.0256. The number of hydrogen-bond donors (Lipinski definition) is 1. The maximum Gasteiger partial charge on any atom is 0.242 e. The Morgan fingerprint density at radius 1 is 1.08 bits per heavy atom. The van der Waals surface area contributed by atoms with Crippen molar-refractivity contribution in [3.05, 3.63) is 53.1 Å². The van der Waals surface area contributed by atoms with Gasteiger partial charge >= 0.3 is 0 Å². The minimum atomic E-state index is -3.63. The summed E-state index contributed by atoms with van der Waals surface area (Å²) in [6.45, 7) is 6.68. The van der Waals surface area contributed by atoms with Crippen molar-refractivity contribution >= 4 is 39.1 Å². The lowest BCUT2D eigenvalue weighted by molar-refractivity contribution is -0.140. The second-order valence-corrected chi connectivity index (χ2v) is 11.8. The monoisotopic (exact) mass is 565 g/mol. The topological polar surface area (TPSA) is 105 Å². The van der Waals surface area contributed by atoms with Crippen LogP contribution in [0.25, 0.3) is 0 Å². The molecule has 38 heavy (non-hydrogen) atoms. The highest BCUT2D eigenvalue weighted by molar-refractivity contribution is 7.92. The van der Waals surface area contributed by atoms with Crippen LogP contribution in [0.4, 0.5) is 5.69 Å². The fourth-order valence-electron chi connectivity index (χ4n) is 4.07. The molecule has 208 valence electrons. The van der Waals surface area contributed by atoms with Crippen LogP contribution in [0.3, 0.4) is 0 Å². The van der Waals surface area contributed by atoms with Crippen molar-refractivity contribution in [1.82, 2.24) is 10.2 Å². The van der Waals surface area contributed by atoms with Crippen molar-refractivity contribution in [2.45, 2.75) is 58.7 Å². The van der Waals surface area contributed by atoms with Crippen LogP contribution < -0.4 is 19.1 Å². The van der Waals surface area contributed by atoms with Gasteiger partial charge in [-0.15, -0.1) is 0 Å². The molecule has 0 bridgehead atoms. The molecular formula is C27H36ClN3O6S. The highest BCUT2D eigenvalue weighted by Crippen LogP contribution is 2.34. The van der Waals surface area contributed by atoms with E-state index in [0.29, 0.717) is 35.4 Å². The van der Waals surface area contributed by atoms with Gasteiger partial charge in [-0.3, -0.25) is 13.9 Å². The van der Waals surface area contributed by atoms with Gasteiger partial charge in [0.15, 0.2) is 11.5 Å². The normalized spacial score (nSPS) is 14.3. The van der Waals surface area contributed by atoms with E-state index >= 15 is 0 Å². The van der Waals surface area contributed by atoms with E-state index < -0.39 is 16.1 Å². The Morgan fingerprint density at radius 2 is 1.79 bits per heavy atom. The van der Waals surface area contributed by atoms with Crippen molar-refractivity contribution < 1.29 is 27.5 Å². The molecule has 0 saturated heterocycles. The summed E-state index contributed by atoms with van der Waals surface area (Å²) in [6.07, 6.45) is 2.20. The summed E-state index contributed by atoms with van der Waals surface area (Å²) < 4.78 is 37.6. The van der Waals surface area contributed by atoms with Crippen molar-refractivity contribution in [2.24, 2.45) is 0 Å². The van der Waals surface area contributed by atoms with Gasteiger partial charge in [-0.1, -0.05) is 30.7 Å². The van der Waals surface area contributed by atoms with Gasteiger partial charge in [0.1, 0.15) is 19.3 Å². The summed E-state index contributed by atoms with van der Waals surface area (Å²) in [7, 11) is -3.63. The first kappa shape index (κ1) is 29.6. The van der Waals surface area contributed by atoms with Crippen LogP contribution in [-0.4, -0.2) is 63.2 Å². The zero-order valence-corrected chi connectivity index (χ0v) is 23.8. The fourth-order valence-corrected chi connectivity index (χ4v) is 5.24. The number of amides is 2. The maximum atomic E-state index is 13.4. The van der Waals surface area contributed by atoms with Crippen LogP contribution in [0.15, 0.2) is 42.5 Å². The molecule has 0 aromatic heterocycles. The van der Waals surface area contributed by atoms with Gasteiger partial charge in [0, 0.05) is 36.6 Å². The molecule has 1 N–H and O–H groups in total. The van der Waals surface area contributed by atoms with E-state index in [4.69, 9.17) is 21.1 Å². The summed E-state index contributed by atoms with van der Waals surface area (Å²) >= 11 is 6.14. The third-order valence-corrected chi connectivity index (χ3v) is 7.81. The fraction of sp³-hybridized carbons (Fsp3) is 0.481. The van der Waals surface area contributed by atoms with E-state index in [2.05, 4.69) is 5.32 Å². The Balaban J connectivity index is 1.74. The molecule has 2 aromatic carbocycles. The van der Waals surface area contributed by atoms with Crippen LogP contribution in [0.5, 0.6) is 11.5 Å². The molecule has 2 amide bonds. The van der Waals surface area contributed by atoms with Gasteiger partial charge in [0.25, 0.3) is 0 Å². The summed E-state index contributed by atoms with van der Waals surface area (Å²) in [4.78, 5) is 27.8.